The van der Waals surface area contributed by atoms with Crippen molar-refractivity contribution in [2.75, 3.05) is 13.2 Å². The molecule has 0 bridgehead atoms. The third kappa shape index (κ3) is 4.04. The zero-order valence-corrected chi connectivity index (χ0v) is 14.5. The summed E-state index contributed by atoms with van der Waals surface area (Å²) >= 11 is 0. The molecular formula is C19H23NO4. The summed E-state index contributed by atoms with van der Waals surface area (Å²) in [6, 6.07) is 7.91. The van der Waals surface area contributed by atoms with E-state index in [1.54, 1.807) is 13.0 Å². The van der Waals surface area contributed by atoms with E-state index in [1.165, 1.54) is 13.0 Å². The van der Waals surface area contributed by atoms with Gasteiger partial charge in [0.15, 0.2) is 0 Å². The van der Waals surface area contributed by atoms with Gasteiger partial charge in [-0.05, 0) is 32.9 Å². The van der Waals surface area contributed by atoms with Crippen LogP contribution in [0.5, 0.6) is 0 Å². The number of aromatic nitrogens is 1. The molecule has 24 heavy (non-hydrogen) atoms. The van der Waals surface area contributed by atoms with Crippen molar-refractivity contribution in [2.45, 2.75) is 33.2 Å². The molecule has 2 rings (SSSR count). The summed E-state index contributed by atoms with van der Waals surface area (Å²) < 4.78 is 12.2. The number of esters is 2. The maximum absolute atomic E-state index is 11.6. The lowest BCUT2D eigenvalue weighted by Crippen LogP contribution is -2.32. The van der Waals surface area contributed by atoms with E-state index in [9.17, 15) is 9.59 Å². The Balaban J connectivity index is 2.41. The Morgan fingerprint density at radius 2 is 1.92 bits per heavy atom. The first-order chi connectivity index (χ1) is 11.3. The summed E-state index contributed by atoms with van der Waals surface area (Å²) in [5.74, 6) is -0.671. The number of fused-ring (bicyclic) bond motifs is 1. The number of benzene rings is 1. The van der Waals surface area contributed by atoms with Crippen molar-refractivity contribution < 1.29 is 19.1 Å². The van der Waals surface area contributed by atoms with Gasteiger partial charge in [0.1, 0.15) is 6.61 Å². The summed E-state index contributed by atoms with van der Waals surface area (Å²) in [7, 11) is 0. The fraction of sp³-hybridized carbons (Fsp3) is 0.368. The zero-order valence-electron chi connectivity index (χ0n) is 14.5. The van der Waals surface area contributed by atoms with Crippen molar-refractivity contribution in [3.05, 3.63) is 42.1 Å². The second-order valence-corrected chi connectivity index (χ2v) is 6.15. The predicted octanol–water partition coefficient (Wildman–Crippen LogP) is 3.52. The molecule has 0 amide bonds. The summed E-state index contributed by atoms with van der Waals surface area (Å²) in [5.41, 5.74) is 1.51. The first-order valence-electron chi connectivity index (χ1n) is 7.94. The van der Waals surface area contributed by atoms with Crippen molar-refractivity contribution in [3.63, 3.8) is 0 Å². The molecule has 0 aliphatic rings. The second-order valence-electron chi connectivity index (χ2n) is 6.15. The van der Waals surface area contributed by atoms with Crippen LogP contribution in [0.3, 0.4) is 0 Å². The number of hydrogen-bond donors (Lipinski definition) is 0. The maximum Gasteiger partial charge on any atom is 0.330 e. The summed E-state index contributed by atoms with van der Waals surface area (Å²) in [4.78, 5) is 22.7. The molecule has 1 aromatic carbocycles. The number of rotatable bonds is 6. The Morgan fingerprint density at radius 3 is 2.58 bits per heavy atom. The third-order valence-corrected chi connectivity index (χ3v) is 3.71. The number of carbonyl (C=O) groups is 2. The van der Waals surface area contributed by atoms with E-state index in [2.05, 4.69) is 4.57 Å². The van der Waals surface area contributed by atoms with Gasteiger partial charge in [-0.3, -0.25) is 4.79 Å². The van der Waals surface area contributed by atoms with Crippen LogP contribution < -0.4 is 0 Å². The zero-order chi connectivity index (χ0) is 17.7. The standard InChI is InChI=1S/C19H23NO4/c1-5-23-18(22)11-10-15-12-20(17-9-7-6-8-16(15)17)19(3,4)13-24-14(2)21/h6-12H,5,13H2,1-4H3/b11-10+. The maximum atomic E-state index is 11.6. The lowest BCUT2D eigenvalue weighted by Gasteiger charge is -2.27. The fourth-order valence-electron chi connectivity index (χ4n) is 2.54. The molecule has 0 unspecified atom stereocenters. The predicted molar refractivity (Wildman–Crippen MR) is 93.6 cm³/mol. The summed E-state index contributed by atoms with van der Waals surface area (Å²) in [6.45, 7) is 7.79. The van der Waals surface area contributed by atoms with Crippen LogP contribution in [0.4, 0.5) is 0 Å². The smallest absolute Gasteiger partial charge is 0.330 e. The topological polar surface area (TPSA) is 57.5 Å². The largest absolute Gasteiger partial charge is 0.463 e. The first kappa shape index (κ1) is 17.8. The molecule has 128 valence electrons. The molecule has 1 heterocycles. The number of para-hydroxylation sites is 1. The SMILES string of the molecule is CCOC(=O)/C=C/c1cn(C(C)(C)COC(C)=O)c2ccccc12. The van der Waals surface area contributed by atoms with Crippen LogP contribution >= 0.6 is 0 Å². The van der Waals surface area contributed by atoms with Crippen LogP contribution in [0.1, 0.15) is 33.3 Å². The molecule has 0 saturated carbocycles. The van der Waals surface area contributed by atoms with E-state index < -0.39 is 5.54 Å². The molecule has 5 nitrogen and oxygen atoms in total. The molecule has 0 atom stereocenters. The highest BCUT2D eigenvalue weighted by atomic mass is 16.5. The number of nitrogens with zero attached hydrogens (tertiary/aromatic N) is 1. The quantitative estimate of drug-likeness (QED) is 0.601. The van der Waals surface area contributed by atoms with Crippen molar-refractivity contribution in [1.29, 1.82) is 0 Å². The molecular weight excluding hydrogens is 306 g/mol. The average Bonchev–Trinajstić information content (AvgIpc) is 2.91. The van der Waals surface area contributed by atoms with Gasteiger partial charge in [0.2, 0.25) is 0 Å². The Morgan fingerprint density at radius 1 is 1.21 bits per heavy atom. The van der Waals surface area contributed by atoms with E-state index in [0.29, 0.717) is 6.61 Å². The number of ether oxygens (including phenoxy) is 2. The van der Waals surface area contributed by atoms with E-state index >= 15 is 0 Å². The number of hydrogen-bond acceptors (Lipinski definition) is 4. The first-order valence-corrected chi connectivity index (χ1v) is 7.94. The van der Waals surface area contributed by atoms with Crippen LogP contribution in [0.25, 0.3) is 17.0 Å². The van der Waals surface area contributed by atoms with Crippen LogP contribution in [-0.2, 0) is 24.6 Å². The molecule has 0 radical (unpaired) electrons. The van der Waals surface area contributed by atoms with E-state index in [0.717, 1.165) is 16.5 Å². The lowest BCUT2D eigenvalue weighted by atomic mass is 10.1. The van der Waals surface area contributed by atoms with Crippen LogP contribution in [0, 0.1) is 0 Å². The van der Waals surface area contributed by atoms with Crippen molar-refractivity contribution in [1.82, 2.24) is 4.57 Å². The minimum atomic E-state index is -0.415. The van der Waals surface area contributed by atoms with Gasteiger partial charge in [-0.1, -0.05) is 18.2 Å². The summed E-state index contributed by atoms with van der Waals surface area (Å²) in [5, 5.41) is 1.02. The van der Waals surface area contributed by atoms with Gasteiger partial charge in [0.05, 0.1) is 12.1 Å². The molecule has 0 spiro atoms. The molecule has 0 aliphatic heterocycles. The summed E-state index contributed by atoms with van der Waals surface area (Å²) in [6.07, 6.45) is 5.14. The average molecular weight is 329 g/mol. The highest BCUT2D eigenvalue weighted by Gasteiger charge is 2.24. The normalized spacial score (nSPS) is 11.8. The highest BCUT2D eigenvalue weighted by Crippen LogP contribution is 2.29. The van der Waals surface area contributed by atoms with Crippen molar-refractivity contribution >= 4 is 28.9 Å². The Labute approximate surface area is 141 Å². The van der Waals surface area contributed by atoms with Gasteiger partial charge >= 0.3 is 11.9 Å². The lowest BCUT2D eigenvalue weighted by molar-refractivity contribution is -0.143. The molecule has 5 heteroatoms. The number of carbonyl (C=O) groups excluding carboxylic acids is 2. The molecule has 0 fully saturated rings. The Kier molecular flexibility index (Phi) is 5.44. The Bertz CT molecular complexity index is 771. The van der Waals surface area contributed by atoms with Gasteiger partial charge in [0.25, 0.3) is 0 Å². The molecule has 0 saturated heterocycles. The van der Waals surface area contributed by atoms with E-state index in [4.69, 9.17) is 9.47 Å². The van der Waals surface area contributed by atoms with E-state index in [1.807, 2.05) is 44.3 Å². The fourth-order valence-corrected chi connectivity index (χ4v) is 2.54. The second kappa shape index (κ2) is 7.34. The van der Waals surface area contributed by atoms with Gasteiger partial charge in [-0.2, -0.15) is 0 Å². The van der Waals surface area contributed by atoms with Crippen LogP contribution in [0.2, 0.25) is 0 Å². The molecule has 1 aromatic heterocycles. The molecule has 2 aromatic rings. The van der Waals surface area contributed by atoms with Gasteiger partial charge in [0, 0.05) is 35.7 Å². The Hall–Kier alpha value is -2.56. The van der Waals surface area contributed by atoms with Crippen molar-refractivity contribution in [2.24, 2.45) is 0 Å². The molecule has 0 aliphatic carbocycles. The minimum Gasteiger partial charge on any atom is -0.463 e. The van der Waals surface area contributed by atoms with Crippen LogP contribution in [-0.4, -0.2) is 29.7 Å². The van der Waals surface area contributed by atoms with Gasteiger partial charge in [-0.15, -0.1) is 0 Å². The van der Waals surface area contributed by atoms with Gasteiger partial charge < -0.3 is 14.0 Å². The van der Waals surface area contributed by atoms with Gasteiger partial charge in [-0.25, -0.2) is 4.79 Å². The monoisotopic (exact) mass is 329 g/mol. The van der Waals surface area contributed by atoms with E-state index in [-0.39, 0.29) is 18.5 Å². The van der Waals surface area contributed by atoms with Crippen LogP contribution in [0.15, 0.2) is 36.5 Å². The third-order valence-electron chi connectivity index (χ3n) is 3.71. The highest BCUT2D eigenvalue weighted by molar-refractivity contribution is 5.94. The minimum absolute atomic E-state index is 0.266. The molecule has 0 N–H and O–H groups in total. The van der Waals surface area contributed by atoms with Crippen molar-refractivity contribution in [3.8, 4) is 0 Å².